The van der Waals surface area contributed by atoms with Crippen LogP contribution in [0.25, 0.3) is 0 Å². The Morgan fingerprint density at radius 1 is 1.20 bits per heavy atom. The second-order valence-corrected chi connectivity index (χ2v) is 9.73. The van der Waals surface area contributed by atoms with Gasteiger partial charge in [-0.2, -0.15) is 0 Å². The molecule has 2 N–H and O–H groups in total. The molecule has 1 atom stereocenters. The van der Waals surface area contributed by atoms with E-state index in [0.717, 1.165) is 25.7 Å². The van der Waals surface area contributed by atoms with Gasteiger partial charge in [0.25, 0.3) is 5.56 Å². The SMILES string of the molecule is CNC(=O)C1CCC(n2c(=S)[nH]c3c(c2=O)C[C@@H](C)N(C(=O)OC(C)(C)C)C3)CC1. The molecule has 8 nitrogen and oxygen atoms in total. The fourth-order valence-corrected chi connectivity index (χ4v) is 4.76. The van der Waals surface area contributed by atoms with Crippen molar-refractivity contribution in [2.24, 2.45) is 5.92 Å². The quantitative estimate of drug-likeness (QED) is 0.695. The maximum absolute atomic E-state index is 13.3. The minimum Gasteiger partial charge on any atom is -0.444 e. The number of ether oxygens (including phenoxy) is 1. The molecule has 1 aromatic rings. The van der Waals surface area contributed by atoms with E-state index in [0.29, 0.717) is 22.4 Å². The van der Waals surface area contributed by atoms with E-state index >= 15 is 0 Å². The van der Waals surface area contributed by atoms with Crippen LogP contribution in [0.5, 0.6) is 0 Å². The Bertz CT molecular complexity index is 938. The summed E-state index contributed by atoms with van der Waals surface area (Å²) in [6.45, 7) is 7.69. The standard InChI is InChI=1S/C21H32N4O4S/c1-12-10-15-16(11-24(12)20(28)29-21(2,3)4)23-19(30)25(18(15)27)14-8-6-13(7-9-14)17(26)22-5/h12-14H,6-11H2,1-5H3,(H,22,26)(H,23,30)/t12-,13?,14?/m1/s1. The van der Waals surface area contributed by atoms with Gasteiger partial charge in [-0.15, -0.1) is 0 Å². The molecule has 30 heavy (non-hydrogen) atoms. The zero-order chi connectivity index (χ0) is 22.2. The number of hydrogen-bond acceptors (Lipinski definition) is 5. The molecule has 0 unspecified atom stereocenters. The molecule has 2 aliphatic rings. The smallest absolute Gasteiger partial charge is 0.410 e. The van der Waals surface area contributed by atoms with Crippen LogP contribution in [-0.4, -0.2) is 45.1 Å². The van der Waals surface area contributed by atoms with Crippen molar-refractivity contribution in [1.82, 2.24) is 19.8 Å². The lowest BCUT2D eigenvalue weighted by molar-refractivity contribution is -0.125. The predicted molar refractivity (Wildman–Crippen MR) is 116 cm³/mol. The first-order valence-corrected chi connectivity index (χ1v) is 11.0. The topological polar surface area (TPSA) is 96.4 Å². The Morgan fingerprint density at radius 3 is 2.40 bits per heavy atom. The predicted octanol–water partition coefficient (Wildman–Crippen LogP) is 3.06. The summed E-state index contributed by atoms with van der Waals surface area (Å²) in [7, 11) is 1.65. The summed E-state index contributed by atoms with van der Waals surface area (Å²) in [6.07, 6.45) is 3.03. The first-order valence-electron chi connectivity index (χ1n) is 10.6. The van der Waals surface area contributed by atoms with E-state index in [4.69, 9.17) is 17.0 Å². The second kappa shape index (κ2) is 8.53. The molecule has 0 radical (unpaired) electrons. The van der Waals surface area contributed by atoms with Gasteiger partial charge in [-0.05, 0) is 72.0 Å². The summed E-state index contributed by atoms with van der Waals surface area (Å²) in [5.74, 6) is 0.0620. The molecule has 1 aliphatic carbocycles. The van der Waals surface area contributed by atoms with Crippen molar-refractivity contribution in [3.05, 3.63) is 26.4 Å². The highest BCUT2D eigenvalue weighted by molar-refractivity contribution is 7.71. The average Bonchev–Trinajstić information content (AvgIpc) is 2.67. The fourth-order valence-electron chi connectivity index (χ4n) is 4.41. The molecule has 1 aromatic heterocycles. The Kier molecular flexibility index (Phi) is 6.40. The van der Waals surface area contributed by atoms with Crippen molar-refractivity contribution in [3.63, 3.8) is 0 Å². The number of fused-ring (bicyclic) bond motifs is 1. The molecule has 0 saturated heterocycles. The number of aromatic amines is 1. The van der Waals surface area contributed by atoms with Gasteiger partial charge in [0.15, 0.2) is 4.77 Å². The van der Waals surface area contributed by atoms with Gasteiger partial charge in [0, 0.05) is 36.3 Å². The summed E-state index contributed by atoms with van der Waals surface area (Å²) >= 11 is 5.52. The number of amides is 2. The van der Waals surface area contributed by atoms with E-state index in [1.807, 2.05) is 27.7 Å². The highest BCUT2D eigenvalue weighted by Gasteiger charge is 2.34. The highest BCUT2D eigenvalue weighted by atomic mass is 32.1. The van der Waals surface area contributed by atoms with Gasteiger partial charge in [-0.3, -0.25) is 19.1 Å². The molecule has 0 spiro atoms. The van der Waals surface area contributed by atoms with Crippen molar-refractivity contribution in [1.29, 1.82) is 0 Å². The molecule has 1 saturated carbocycles. The van der Waals surface area contributed by atoms with E-state index < -0.39 is 11.7 Å². The number of aromatic nitrogens is 2. The van der Waals surface area contributed by atoms with Gasteiger partial charge in [0.05, 0.1) is 6.54 Å². The summed E-state index contributed by atoms with van der Waals surface area (Å²) in [4.78, 5) is 42.6. The number of carbonyl (C=O) groups is 2. The molecule has 0 aromatic carbocycles. The van der Waals surface area contributed by atoms with Crippen LogP contribution in [-0.2, 0) is 22.5 Å². The van der Waals surface area contributed by atoms with Gasteiger partial charge >= 0.3 is 6.09 Å². The molecule has 166 valence electrons. The number of rotatable bonds is 2. The molecule has 3 rings (SSSR count). The summed E-state index contributed by atoms with van der Waals surface area (Å²) in [5.41, 5.74) is 0.711. The number of nitrogens with one attached hydrogen (secondary N) is 2. The zero-order valence-electron chi connectivity index (χ0n) is 18.4. The Balaban J connectivity index is 1.84. The van der Waals surface area contributed by atoms with Crippen LogP contribution in [0.2, 0.25) is 0 Å². The monoisotopic (exact) mass is 436 g/mol. The fraction of sp³-hybridized carbons (Fsp3) is 0.714. The number of carbonyl (C=O) groups excluding carboxylic acids is 2. The van der Waals surface area contributed by atoms with Crippen LogP contribution < -0.4 is 10.9 Å². The van der Waals surface area contributed by atoms with Gasteiger partial charge < -0.3 is 15.0 Å². The Hall–Kier alpha value is -2.16. The normalized spacial score (nSPS) is 24.2. The molecule has 1 fully saturated rings. The minimum atomic E-state index is -0.582. The van der Waals surface area contributed by atoms with Crippen molar-refractivity contribution < 1.29 is 14.3 Å². The Morgan fingerprint density at radius 2 is 1.83 bits per heavy atom. The molecule has 2 amide bonds. The van der Waals surface area contributed by atoms with E-state index in [2.05, 4.69) is 10.3 Å². The first-order chi connectivity index (χ1) is 14.0. The lowest BCUT2D eigenvalue weighted by atomic mass is 9.85. The second-order valence-electron chi connectivity index (χ2n) is 9.34. The third kappa shape index (κ3) is 4.61. The zero-order valence-corrected chi connectivity index (χ0v) is 19.2. The van der Waals surface area contributed by atoms with Gasteiger partial charge in [0.1, 0.15) is 5.60 Å². The molecular weight excluding hydrogens is 404 g/mol. The maximum atomic E-state index is 13.3. The largest absolute Gasteiger partial charge is 0.444 e. The summed E-state index contributed by atoms with van der Waals surface area (Å²) < 4.78 is 7.57. The first kappa shape index (κ1) is 22.5. The lowest BCUT2D eigenvalue weighted by Crippen LogP contribution is -2.48. The van der Waals surface area contributed by atoms with Gasteiger partial charge in [-0.1, -0.05) is 0 Å². The van der Waals surface area contributed by atoms with E-state index in [9.17, 15) is 14.4 Å². The van der Waals surface area contributed by atoms with Crippen molar-refractivity contribution in [3.8, 4) is 0 Å². The van der Waals surface area contributed by atoms with Crippen LogP contribution in [0.1, 0.15) is 70.7 Å². The van der Waals surface area contributed by atoms with Crippen LogP contribution in [0.15, 0.2) is 4.79 Å². The average molecular weight is 437 g/mol. The van der Waals surface area contributed by atoms with Crippen molar-refractivity contribution in [2.45, 2.75) is 84.0 Å². The van der Waals surface area contributed by atoms with Crippen LogP contribution in [0.4, 0.5) is 4.79 Å². The lowest BCUT2D eigenvalue weighted by Gasteiger charge is -2.36. The third-order valence-electron chi connectivity index (χ3n) is 5.98. The number of nitrogens with zero attached hydrogens (tertiary/aromatic N) is 2. The molecule has 0 bridgehead atoms. The van der Waals surface area contributed by atoms with Crippen LogP contribution in [0, 0.1) is 10.7 Å². The molecule has 1 aliphatic heterocycles. The minimum absolute atomic E-state index is 0.000426. The van der Waals surface area contributed by atoms with Crippen LogP contribution in [0.3, 0.4) is 0 Å². The van der Waals surface area contributed by atoms with E-state index in [-0.39, 0.29) is 36.0 Å². The number of H-pyrrole nitrogens is 1. The van der Waals surface area contributed by atoms with E-state index in [1.54, 1.807) is 16.5 Å². The summed E-state index contributed by atoms with van der Waals surface area (Å²) in [5, 5.41) is 2.71. The molecule has 2 heterocycles. The summed E-state index contributed by atoms with van der Waals surface area (Å²) in [6, 6.07) is -0.159. The van der Waals surface area contributed by atoms with Crippen molar-refractivity contribution in [2.75, 3.05) is 7.05 Å². The highest BCUT2D eigenvalue weighted by Crippen LogP contribution is 2.32. The third-order valence-corrected chi connectivity index (χ3v) is 6.28. The van der Waals surface area contributed by atoms with Crippen LogP contribution >= 0.6 is 12.2 Å². The Labute approximate surface area is 182 Å². The maximum Gasteiger partial charge on any atom is 0.410 e. The van der Waals surface area contributed by atoms with Crippen molar-refractivity contribution >= 4 is 24.2 Å². The molecular formula is C21H32N4O4S. The number of hydrogen-bond donors (Lipinski definition) is 2. The molecule has 9 heteroatoms. The van der Waals surface area contributed by atoms with Gasteiger partial charge in [-0.25, -0.2) is 4.79 Å². The van der Waals surface area contributed by atoms with Gasteiger partial charge in [0.2, 0.25) is 5.91 Å². The van der Waals surface area contributed by atoms with E-state index in [1.165, 1.54) is 0 Å².